The average Bonchev–Trinajstić information content (AvgIpc) is 2.17. The van der Waals surface area contributed by atoms with E-state index in [1.54, 1.807) is 13.8 Å². The second kappa shape index (κ2) is 4.59. The molecule has 0 bridgehead atoms. The molecule has 0 aromatic heterocycles. The number of halogens is 1. The SMILES string of the molecule is CC(C)Oc1ccc([N+](=O)[O-])cc1NF. The van der Waals surface area contributed by atoms with Gasteiger partial charge in [-0.2, -0.15) is 0 Å². The number of benzene rings is 1. The van der Waals surface area contributed by atoms with Crippen LogP contribution in [0.2, 0.25) is 0 Å². The number of non-ortho nitro benzene ring substituents is 1. The molecule has 1 aromatic rings. The lowest BCUT2D eigenvalue weighted by Crippen LogP contribution is -2.07. The minimum atomic E-state index is -0.597. The van der Waals surface area contributed by atoms with Crippen LogP contribution in [0.1, 0.15) is 13.8 Å². The van der Waals surface area contributed by atoms with E-state index >= 15 is 0 Å². The molecule has 0 radical (unpaired) electrons. The summed E-state index contributed by atoms with van der Waals surface area (Å²) >= 11 is 0. The third-order valence-electron chi connectivity index (χ3n) is 1.64. The number of ether oxygens (including phenoxy) is 1. The van der Waals surface area contributed by atoms with Gasteiger partial charge >= 0.3 is 0 Å². The smallest absolute Gasteiger partial charge is 0.271 e. The van der Waals surface area contributed by atoms with Crippen molar-refractivity contribution in [2.24, 2.45) is 0 Å². The standard InChI is InChI=1S/C9H11FN2O3/c1-6(2)15-9-4-3-7(12(13)14)5-8(9)11-10/h3-6,11H,1-2H3. The third-order valence-corrected chi connectivity index (χ3v) is 1.64. The highest BCUT2D eigenvalue weighted by Crippen LogP contribution is 2.29. The van der Waals surface area contributed by atoms with E-state index in [0.29, 0.717) is 0 Å². The molecule has 0 unspecified atom stereocenters. The van der Waals surface area contributed by atoms with Crippen LogP contribution in [0.15, 0.2) is 18.2 Å². The second-order valence-electron chi connectivity index (χ2n) is 3.20. The number of rotatable bonds is 4. The van der Waals surface area contributed by atoms with E-state index in [2.05, 4.69) is 0 Å². The zero-order valence-corrected chi connectivity index (χ0v) is 8.36. The summed E-state index contributed by atoms with van der Waals surface area (Å²) in [5, 5.41) is 10.4. The molecule has 0 aliphatic heterocycles. The number of nitro benzene ring substituents is 1. The van der Waals surface area contributed by atoms with Gasteiger partial charge in [0, 0.05) is 12.1 Å². The van der Waals surface area contributed by atoms with Gasteiger partial charge < -0.3 is 4.74 Å². The van der Waals surface area contributed by atoms with E-state index < -0.39 is 4.92 Å². The van der Waals surface area contributed by atoms with Crippen molar-refractivity contribution < 1.29 is 14.1 Å². The van der Waals surface area contributed by atoms with E-state index in [1.807, 2.05) is 0 Å². The normalized spacial score (nSPS) is 10.1. The van der Waals surface area contributed by atoms with Gasteiger partial charge in [0.15, 0.2) is 0 Å². The minimum Gasteiger partial charge on any atom is -0.489 e. The molecule has 1 rings (SSSR count). The Morgan fingerprint density at radius 1 is 1.53 bits per heavy atom. The van der Waals surface area contributed by atoms with Crippen molar-refractivity contribution in [1.82, 2.24) is 0 Å². The average molecular weight is 214 g/mol. The van der Waals surface area contributed by atoms with Crippen molar-refractivity contribution in [2.75, 3.05) is 5.54 Å². The predicted molar refractivity (Wildman–Crippen MR) is 53.6 cm³/mol. The fourth-order valence-electron chi connectivity index (χ4n) is 1.06. The Balaban J connectivity index is 3.03. The largest absolute Gasteiger partial charge is 0.489 e. The zero-order chi connectivity index (χ0) is 11.4. The van der Waals surface area contributed by atoms with Gasteiger partial charge in [0.2, 0.25) is 0 Å². The van der Waals surface area contributed by atoms with Crippen molar-refractivity contribution in [3.63, 3.8) is 0 Å². The van der Waals surface area contributed by atoms with Crippen LogP contribution in [0.5, 0.6) is 5.75 Å². The summed E-state index contributed by atoms with van der Waals surface area (Å²) in [5.74, 6) is 0.248. The summed E-state index contributed by atoms with van der Waals surface area (Å²) in [6, 6.07) is 3.70. The Kier molecular flexibility index (Phi) is 3.43. The van der Waals surface area contributed by atoms with Crippen LogP contribution in [0, 0.1) is 10.1 Å². The van der Waals surface area contributed by atoms with Crippen molar-refractivity contribution in [2.45, 2.75) is 20.0 Å². The summed E-state index contributed by atoms with van der Waals surface area (Å²) in [6.07, 6.45) is -0.126. The lowest BCUT2D eigenvalue weighted by molar-refractivity contribution is -0.384. The summed E-state index contributed by atoms with van der Waals surface area (Å²) in [4.78, 5) is 9.82. The van der Waals surface area contributed by atoms with Crippen LogP contribution in [0.25, 0.3) is 0 Å². The molecule has 15 heavy (non-hydrogen) atoms. The van der Waals surface area contributed by atoms with Gasteiger partial charge in [0.25, 0.3) is 5.69 Å². The lowest BCUT2D eigenvalue weighted by atomic mass is 10.2. The summed E-state index contributed by atoms with van der Waals surface area (Å²) in [6.45, 7) is 3.56. The molecular formula is C9H11FN2O3. The Morgan fingerprint density at radius 3 is 2.67 bits per heavy atom. The summed E-state index contributed by atoms with van der Waals surface area (Å²) < 4.78 is 17.6. The topological polar surface area (TPSA) is 64.4 Å². The molecule has 0 amide bonds. The minimum absolute atomic E-state index is 0.0436. The van der Waals surface area contributed by atoms with E-state index in [9.17, 15) is 14.6 Å². The monoisotopic (exact) mass is 214 g/mol. The maximum Gasteiger partial charge on any atom is 0.271 e. The van der Waals surface area contributed by atoms with Gasteiger partial charge in [-0.3, -0.25) is 10.1 Å². The first-order chi connectivity index (χ1) is 7.04. The number of nitrogens with one attached hydrogen (secondary N) is 1. The van der Waals surface area contributed by atoms with E-state index in [1.165, 1.54) is 17.7 Å². The van der Waals surface area contributed by atoms with Gasteiger partial charge in [0.1, 0.15) is 11.4 Å². The third kappa shape index (κ3) is 2.80. The number of nitrogens with zero attached hydrogens (tertiary/aromatic N) is 1. The molecule has 0 saturated heterocycles. The molecular weight excluding hydrogens is 203 g/mol. The number of anilines is 1. The lowest BCUT2D eigenvalue weighted by Gasteiger charge is -2.12. The number of hydrogen-bond acceptors (Lipinski definition) is 4. The molecule has 0 heterocycles. The van der Waals surface area contributed by atoms with E-state index in [0.717, 1.165) is 6.07 Å². The Morgan fingerprint density at radius 2 is 2.20 bits per heavy atom. The van der Waals surface area contributed by atoms with Crippen LogP contribution in [-0.2, 0) is 0 Å². The predicted octanol–water partition coefficient (Wildman–Crippen LogP) is 2.68. The molecule has 0 spiro atoms. The molecule has 1 N–H and O–H groups in total. The van der Waals surface area contributed by atoms with Gasteiger partial charge in [-0.15, -0.1) is 4.48 Å². The first-order valence-corrected chi connectivity index (χ1v) is 4.36. The van der Waals surface area contributed by atoms with Crippen molar-refractivity contribution >= 4 is 11.4 Å². The molecule has 1 aromatic carbocycles. The second-order valence-corrected chi connectivity index (χ2v) is 3.20. The van der Waals surface area contributed by atoms with Crippen molar-refractivity contribution in [3.8, 4) is 5.75 Å². The summed E-state index contributed by atoms with van der Waals surface area (Å²) in [7, 11) is 0. The number of nitro groups is 1. The molecule has 0 saturated carbocycles. The quantitative estimate of drug-likeness (QED) is 0.475. The molecule has 0 atom stereocenters. The Hall–Kier alpha value is -1.85. The molecule has 5 nitrogen and oxygen atoms in total. The Labute approximate surface area is 85.9 Å². The van der Waals surface area contributed by atoms with Crippen LogP contribution in [-0.4, -0.2) is 11.0 Å². The van der Waals surface area contributed by atoms with Crippen molar-refractivity contribution in [3.05, 3.63) is 28.3 Å². The van der Waals surface area contributed by atoms with Crippen LogP contribution in [0.3, 0.4) is 0 Å². The highest BCUT2D eigenvalue weighted by atomic mass is 19.2. The van der Waals surface area contributed by atoms with Gasteiger partial charge in [0.05, 0.1) is 11.0 Å². The molecule has 6 heteroatoms. The zero-order valence-electron chi connectivity index (χ0n) is 8.36. The van der Waals surface area contributed by atoms with E-state index in [4.69, 9.17) is 4.74 Å². The first-order valence-electron chi connectivity index (χ1n) is 4.36. The fraction of sp³-hybridized carbons (Fsp3) is 0.333. The van der Waals surface area contributed by atoms with Crippen LogP contribution < -0.4 is 10.3 Å². The fourth-order valence-corrected chi connectivity index (χ4v) is 1.06. The van der Waals surface area contributed by atoms with Crippen LogP contribution in [0.4, 0.5) is 15.9 Å². The van der Waals surface area contributed by atoms with E-state index in [-0.39, 0.29) is 23.2 Å². The molecule has 0 aliphatic carbocycles. The number of hydrogen-bond donors (Lipinski definition) is 1. The highest BCUT2D eigenvalue weighted by Gasteiger charge is 2.12. The molecule has 0 aliphatic rings. The van der Waals surface area contributed by atoms with Crippen LogP contribution >= 0.6 is 0 Å². The Bertz CT molecular complexity index is 368. The first kappa shape index (κ1) is 11.2. The molecule has 0 fully saturated rings. The maximum atomic E-state index is 12.3. The highest BCUT2D eigenvalue weighted by molar-refractivity contribution is 5.60. The van der Waals surface area contributed by atoms with Gasteiger partial charge in [-0.25, -0.2) is 5.54 Å². The maximum absolute atomic E-state index is 12.3. The van der Waals surface area contributed by atoms with Gasteiger partial charge in [-0.1, -0.05) is 0 Å². The van der Waals surface area contributed by atoms with Crippen molar-refractivity contribution in [1.29, 1.82) is 0 Å². The summed E-state index contributed by atoms with van der Waals surface area (Å²) in [5.41, 5.74) is 1.13. The molecule has 82 valence electrons. The van der Waals surface area contributed by atoms with Gasteiger partial charge in [-0.05, 0) is 19.9 Å².